The second-order valence-electron chi connectivity index (χ2n) is 6.26. The van der Waals surface area contributed by atoms with Crippen LogP contribution in [0.3, 0.4) is 0 Å². The zero-order valence-corrected chi connectivity index (χ0v) is 15.0. The summed E-state index contributed by atoms with van der Waals surface area (Å²) < 4.78 is 13.1. The van der Waals surface area contributed by atoms with Gasteiger partial charge < -0.3 is 20.6 Å². The van der Waals surface area contributed by atoms with Crippen molar-refractivity contribution in [2.75, 3.05) is 35.2 Å². The third kappa shape index (κ3) is 4.65. The molecule has 0 saturated carbocycles. The number of amides is 1. The van der Waals surface area contributed by atoms with Gasteiger partial charge in [0.05, 0.1) is 34.7 Å². The minimum Gasteiger partial charge on any atom is -0.393 e. The van der Waals surface area contributed by atoms with Gasteiger partial charge in [0.2, 0.25) is 5.91 Å². The maximum absolute atomic E-state index is 13.1. The number of hydrogen-bond donors (Lipinski definition) is 3. The molecule has 1 aliphatic rings. The van der Waals surface area contributed by atoms with Crippen molar-refractivity contribution in [2.24, 2.45) is 0 Å². The Bertz CT molecular complexity index is 779. The van der Waals surface area contributed by atoms with Crippen molar-refractivity contribution in [1.82, 2.24) is 0 Å². The molecule has 2 aromatic rings. The first-order chi connectivity index (χ1) is 12.5. The number of carbonyl (C=O) groups excluding carboxylic acids is 1. The van der Waals surface area contributed by atoms with Gasteiger partial charge in [-0.3, -0.25) is 4.79 Å². The molecule has 5 nitrogen and oxygen atoms in total. The molecule has 1 saturated heterocycles. The number of piperidine rings is 1. The van der Waals surface area contributed by atoms with Crippen LogP contribution in [0.2, 0.25) is 5.02 Å². The molecule has 3 N–H and O–H groups in total. The Labute approximate surface area is 156 Å². The molecule has 0 radical (unpaired) electrons. The Balaban J connectivity index is 1.61. The number of hydrogen-bond acceptors (Lipinski definition) is 4. The number of benzene rings is 2. The highest BCUT2D eigenvalue weighted by molar-refractivity contribution is 6.33. The van der Waals surface area contributed by atoms with Gasteiger partial charge >= 0.3 is 0 Å². The Hall–Kier alpha value is -2.31. The molecule has 0 unspecified atom stereocenters. The van der Waals surface area contributed by atoms with Crippen molar-refractivity contribution in [3.8, 4) is 0 Å². The standard InChI is InChI=1S/C19H21ClFN3O2/c20-15-11-13(21)5-6-16(15)23-19(26)12-22-17-3-1-2-4-18(17)24-9-7-14(25)8-10-24/h1-6,11,14,22,25H,7-10,12H2,(H,23,26). The van der Waals surface area contributed by atoms with Crippen LogP contribution in [0.4, 0.5) is 21.5 Å². The summed E-state index contributed by atoms with van der Waals surface area (Å²) in [6, 6.07) is 11.6. The summed E-state index contributed by atoms with van der Waals surface area (Å²) in [6.45, 7) is 1.61. The van der Waals surface area contributed by atoms with Crippen molar-refractivity contribution < 1.29 is 14.3 Å². The van der Waals surface area contributed by atoms with Crippen molar-refractivity contribution in [2.45, 2.75) is 18.9 Å². The maximum atomic E-state index is 13.1. The normalized spacial score (nSPS) is 15.0. The fraction of sp³-hybridized carbons (Fsp3) is 0.316. The third-order valence-electron chi connectivity index (χ3n) is 4.35. The molecule has 0 spiro atoms. The van der Waals surface area contributed by atoms with E-state index in [0.29, 0.717) is 5.69 Å². The van der Waals surface area contributed by atoms with Crippen LogP contribution in [0.15, 0.2) is 42.5 Å². The summed E-state index contributed by atoms with van der Waals surface area (Å²) in [5, 5.41) is 15.6. The quantitative estimate of drug-likeness (QED) is 0.746. The van der Waals surface area contributed by atoms with E-state index < -0.39 is 5.82 Å². The number of aliphatic hydroxyl groups excluding tert-OH is 1. The summed E-state index contributed by atoms with van der Waals surface area (Å²) in [5.74, 6) is -0.728. The van der Waals surface area contributed by atoms with Crippen LogP contribution in [-0.4, -0.2) is 36.8 Å². The molecule has 0 bridgehead atoms. The largest absolute Gasteiger partial charge is 0.393 e. The Morgan fingerprint density at radius 3 is 2.65 bits per heavy atom. The molecule has 1 heterocycles. The average molecular weight is 378 g/mol. The molecule has 138 valence electrons. The van der Waals surface area contributed by atoms with Gasteiger partial charge in [0, 0.05) is 13.1 Å². The smallest absolute Gasteiger partial charge is 0.243 e. The Morgan fingerprint density at radius 2 is 1.92 bits per heavy atom. The summed E-state index contributed by atoms with van der Waals surface area (Å²) in [6.07, 6.45) is 1.23. The van der Waals surface area contributed by atoms with Crippen LogP contribution < -0.4 is 15.5 Å². The van der Waals surface area contributed by atoms with Gasteiger partial charge in [-0.2, -0.15) is 0 Å². The van der Waals surface area contributed by atoms with Gasteiger partial charge in [-0.15, -0.1) is 0 Å². The second-order valence-corrected chi connectivity index (χ2v) is 6.67. The molecule has 2 aromatic carbocycles. The van der Waals surface area contributed by atoms with E-state index in [-0.39, 0.29) is 23.6 Å². The molecular formula is C19H21ClFN3O2. The topological polar surface area (TPSA) is 64.6 Å². The lowest BCUT2D eigenvalue weighted by Crippen LogP contribution is -2.36. The molecule has 0 aliphatic carbocycles. The second kappa shape index (κ2) is 8.38. The van der Waals surface area contributed by atoms with E-state index in [0.717, 1.165) is 43.4 Å². The fourth-order valence-electron chi connectivity index (χ4n) is 2.97. The highest BCUT2D eigenvalue weighted by atomic mass is 35.5. The van der Waals surface area contributed by atoms with Crippen molar-refractivity contribution in [3.63, 3.8) is 0 Å². The van der Waals surface area contributed by atoms with E-state index in [4.69, 9.17) is 11.6 Å². The monoisotopic (exact) mass is 377 g/mol. The van der Waals surface area contributed by atoms with Crippen LogP contribution in [0, 0.1) is 5.82 Å². The zero-order valence-electron chi connectivity index (χ0n) is 14.2. The highest BCUT2D eigenvalue weighted by Crippen LogP contribution is 2.28. The van der Waals surface area contributed by atoms with E-state index in [1.165, 1.54) is 12.1 Å². The van der Waals surface area contributed by atoms with E-state index >= 15 is 0 Å². The summed E-state index contributed by atoms with van der Waals surface area (Å²) in [5.41, 5.74) is 2.23. The summed E-state index contributed by atoms with van der Waals surface area (Å²) >= 11 is 5.93. The first-order valence-electron chi connectivity index (χ1n) is 8.54. The predicted molar refractivity (Wildman–Crippen MR) is 102 cm³/mol. The molecular weight excluding hydrogens is 357 g/mol. The first kappa shape index (κ1) is 18.5. The molecule has 1 aliphatic heterocycles. The van der Waals surface area contributed by atoms with Crippen LogP contribution in [0.5, 0.6) is 0 Å². The molecule has 7 heteroatoms. The SMILES string of the molecule is O=C(CNc1ccccc1N1CCC(O)CC1)Nc1ccc(F)cc1Cl. The van der Waals surface area contributed by atoms with Crippen molar-refractivity contribution >= 4 is 34.6 Å². The molecule has 26 heavy (non-hydrogen) atoms. The Morgan fingerprint density at radius 1 is 1.19 bits per heavy atom. The molecule has 0 aromatic heterocycles. The Kier molecular flexibility index (Phi) is 5.96. The van der Waals surface area contributed by atoms with E-state index in [1.807, 2.05) is 24.3 Å². The van der Waals surface area contributed by atoms with Gasteiger partial charge in [-0.05, 0) is 43.2 Å². The lowest BCUT2D eigenvalue weighted by Gasteiger charge is -2.32. The highest BCUT2D eigenvalue weighted by Gasteiger charge is 2.19. The van der Waals surface area contributed by atoms with Crippen molar-refractivity contribution in [3.05, 3.63) is 53.3 Å². The molecule has 0 atom stereocenters. The van der Waals surface area contributed by atoms with Crippen LogP contribution in [0.1, 0.15) is 12.8 Å². The number of para-hydroxylation sites is 2. The lowest BCUT2D eigenvalue weighted by atomic mass is 10.1. The maximum Gasteiger partial charge on any atom is 0.243 e. The fourth-order valence-corrected chi connectivity index (χ4v) is 3.18. The third-order valence-corrected chi connectivity index (χ3v) is 4.67. The number of aliphatic hydroxyl groups is 1. The molecule has 3 rings (SSSR count). The average Bonchev–Trinajstić information content (AvgIpc) is 2.63. The minimum atomic E-state index is -0.452. The number of rotatable bonds is 5. The number of halogens is 2. The number of carbonyl (C=O) groups is 1. The van der Waals surface area contributed by atoms with E-state index in [2.05, 4.69) is 15.5 Å². The van der Waals surface area contributed by atoms with Gasteiger partial charge in [0.1, 0.15) is 5.82 Å². The first-order valence-corrected chi connectivity index (χ1v) is 8.91. The van der Waals surface area contributed by atoms with Gasteiger partial charge in [0.15, 0.2) is 0 Å². The molecule has 1 amide bonds. The van der Waals surface area contributed by atoms with E-state index in [9.17, 15) is 14.3 Å². The van der Waals surface area contributed by atoms with Crippen LogP contribution in [-0.2, 0) is 4.79 Å². The number of anilines is 3. The number of nitrogens with one attached hydrogen (secondary N) is 2. The zero-order chi connectivity index (χ0) is 18.5. The van der Waals surface area contributed by atoms with Crippen molar-refractivity contribution in [1.29, 1.82) is 0 Å². The van der Waals surface area contributed by atoms with Gasteiger partial charge in [-0.25, -0.2) is 4.39 Å². The van der Waals surface area contributed by atoms with Gasteiger partial charge in [-0.1, -0.05) is 23.7 Å². The van der Waals surface area contributed by atoms with Gasteiger partial charge in [0.25, 0.3) is 0 Å². The van der Waals surface area contributed by atoms with E-state index in [1.54, 1.807) is 0 Å². The minimum absolute atomic E-state index is 0.0567. The lowest BCUT2D eigenvalue weighted by molar-refractivity contribution is -0.114. The predicted octanol–water partition coefficient (Wildman–Crippen LogP) is 3.49. The molecule has 1 fully saturated rings. The van der Waals surface area contributed by atoms with Crippen LogP contribution in [0.25, 0.3) is 0 Å². The summed E-state index contributed by atoms with van der Waals surface area (Å²) in [7, 11) is 0. The number of nitrogens with zero attached hydrogens (tertiary/aromatic N) is 1. The summed E-state index contributed by atoms with van der Waals surface area (Å²) in [4.78, 5) is 14.4. The van der Waals surface area contributed by atoms with Crippen LogP contribution >= 0.6 is 11.6 Å².